The molecule has 0 aliphatic heterocycles. The summed E-state index contributed by atoms with van der Waals surface area (Å²) in [7, 11) is 0. The van der Waals surface area contributed by atoms with Crippen LogP contribution in [0.2, 0.25) is 0 Å². The van der Waals surface area contributed by atoms with E-state index in [-0.39, 0.29) is 0 Å². The Morgan fingerprint density at radius 2 is 1.17 bits per heavy atom. The van der Waals surface area contributed by atoms with Crippen molar-refractivity contribution in [2.24, 2.45) is 0 Å². The molecule has 0 aromatic heterocycles. The fourth-order valence-electron chi connectivity index (χ4n) is 1.65. The fraction of sp³-hybridized carbons (Fsp3) is 0.765. The van der Waals surface area contributed by atoms with Gasteiger partial charge in [0, 0.05) is 12.8 Å². The molecule has 0 bridgehead atoms. The summed E-state index contributed by atoms with van der Waals surface area (Å²) in [6.07, 6.45) is 10.8. The summed E-state index contributed by atoms with van der Waals surface area (Å²) >= 11 is 0. The first kappa shape index (κ1) is 17.1. The van der Waals surface area contributed by atoms with E-state index in [9.17, 15) is 5.11 Å². The van der Waals surface area contributed by atoms with Crippen molar-refractivity contribution in [3.8, 4) is 23.7 Å². The summed E-state index contributed by atoms with van der Waals surface area (Å²) in [5.41, 5.74) is 0. The maximum absolute atomic E-state index is 9.51. The largest absolute Gasteiger partial charge is 0.369 e. The molecule has 1 N–H and O–H groups in total. The molecular formula is C17H28O. The third kappa shape index (κ3) is 13.1. The van der Waals surface area contributed by atoms with Crippen LogP contribution in [0, 0.1) is 23.7 Å². The van der Waals surface area contributed by atoms with Crippen LogP contribution in [0.5, 0.6) is 0 Å². The van der Waals surface area contributed by atoms with Crippen LogP contribution in [-0.2, 0) is 0 Å². The van der Waals surface area contributed by atoms with Gasteiger partial charge < -0.3 is 5.11 Å². The molecule has 18 heavy (non-hydrogen) atoms. The Kier molecular flexibility index (Phi) is 13.4. The summed E-state index contributed by atoms with van der Waals surface area (Å²) in [5.74, 6) is 11.6. The number of rotatable bonds is 8. The minimum atomic E-state index is -0.748. The van der Waals surface area contributed by atoms with Crippen LogP contribution in [0.25, 0.3) is 0 Å². The molecule has 1 nitrogen and oxygen atoms in total. The normalized spacial score (nSPS) is 9.56. The number of hydrogen-bond acceptors (Lipinski definition) is 1. The molecule has 0 saturated carbocycles. The van der Waals surface area contributed by atoms with E-state index in [1.807, 2.05) is 0 Å². The van der Waals surface area contributed by atoms with Gasteiger partial charge in [-0.25, -0.2) is 0 Å². The van der Waals surface area contributed by atoms with E-state index >= 15 is 0 Å². The lowest BCUT2D eigenvalue weighted by Crippen LogP contribution is -1.97. The summed E-state index contributed by atoms with van der Waals surface area (Å²) in [5, 5.41) is 9.51. The van der Waals surface area contributed by atoms with Gasteiger partial charge in [-0.3, -0.25) is 0 Å². The zero-order chi connectivity index (χ0) is 13.5. The summed E-state index contributed by atoms with van der Waals surface area (Å²) in [6.45, 7) is 4.40. The van der Waals surface area contributed by atoms with E-state index in [1.165, 1.54) is 38.5 Å². The molecule has 0 heterocycles. The lowest BCUT2D eigenvalue weighted by atomic mass is 10.1. The molecule has 0 radical (unpaired) electrons. The van der Waals surface area contributed by atoms with Crippen molar-refractivity contribution in [2.45, 2.75) is 84.2 Å². The molecule has 0 spiro atoms. The lowest BCUT2D eigenvalue weighted by molar-refractivity contribution is 0.289. The van der Waals surface area contributed by atoms with E-state index in [4.69, 9.17) is 0 Å². The van der Waals surface area contributed by atoms with Gasteiger partial charge in [-0.15, -0.1) is 0 Å². The van der Waals surface area contributed by atoms with Crippen LogP contribution in [0.1, 0.15) is 78.1 Å². The van der Waals surface area contributed by atoms with Gasteiger partial charge in [0.1, 0.15) is 0 Å². The van der Waals surface area contributed by atoms with E-state index in [0.29, 0.717) is 0 Å². The summed E-state index contributed by atoms with van der Waals surface area (Å²) < 4.78 is 0. The Morgan fingerprint density at radius 1 is 0.722 bits per heavy atom. The van der Waals surface area contributed by atoms with E-state index in [0.717, 1.165) is 25.7 Å². The third-order valence-corrected chi connectivity index (χ3v) is 2.79. The quantitative estimate of drug-likeness (QED) is 0.502. The first-order valence-electron chi connectivity index (χ1n) is 7.46. The van der Waals surface area contributed by atoms with Gasteiger partial charge in [0.25, 0.3) is 0 Å². The van der Waals surface area contributed by atoms with Crippen LogP contribution in [0.3, 0.4) is 0 Å². The van der Waals surface area contributed by atoms with Crippen molar-refractivity contribution in [1.29, 1.82) is 0 Å². The van der Waals surface area contributed by atoms with Gasteiger partial charge in [0.15, 0.2) is 6.10 Å². The van der Waals surface area contributed by atoms with Crippen LogP contribution in [0.4, 0.5) is 0 Å². The second-order valence-corrected chi connectivity index (χ2v) is 4.67. The SMILES string of the molecule is CCCCCCC#CC(O)C#CCCCCCC. The number of unbranched alkanes of at least 4 members (excludes halogenated alkanes) is 8. The van der Waals surface area contributed by atoms with Crippen LogP contribution >= 0.6 is 0 Å². The Labute approximate surface area is 113 Å². The molecule has 1 heteroatoms. The molecule has 0 saturated heterocycles. The maximum Gasteiger partial charge on any atom is 0.176 e. The van der Waals surface area contributed by atoms with Gasteiger partial charge in [-0.2, -0.15) is 0 Å². The number of aliphatic hydroxyl groups excluding tert-OH is 1. The maximum atomic E-state index is 9.51. The zero-order valence-corrected chi connectivity index (χ0v) is 12.1. The Balaban J connectivity index is 3.53. The molecule has 0 rings (SSSR count). The fourth-order valence-corrected chi connectivity index (χ4v) is 1.65. The average molecular weight is 248 g/mol. The van der Waals surface area contributed by atoms with Crippen LogP contribution in [-0.4, -0.2) is 11.2 Å². The van der Waals surface area contributed by atoms with Gasteiger partial charge in [0.2, 0.25) is 0 Å². The molecule has 0 aliphatic rings. The van der Waals surface area contributed by atoms with Crippen LogP contribution < -0.4 is 0 Å². The van der Waals surface area contributed by atoms with Gasteiger partial charge >= 0.3 is 0 Å². The van der Waals surface area contributed by atoms with E-state index in [2.05, 4.69) is 37.5 Å². The number of hydrogen-bond donors (Lipinski definition) is 1. The third-order valence-electron chi connectivity index (χ3n) is 2.79. The molecule has 102 valence electrons. The van der Waals surface area contributed by atoms with Gasteiger partial charge in [0.05, 0.1) is 0 Å². The average Bonchev–Trinajstić information content (AvgIpc) is 2.38. The lowest BCUT2D eigenvalue weighted by Gasteiger charge is -1.94. The standard InChI is InChI=1S/C17H28O/c1-3-5-7-9-11-13-15-17(18)16-14-12-10-8-6-4-2/h17-18H,3-12H2,1-2H3. The highest BCUT2D eigenvalue weighted by Gasteiger charge is 1.90. The zero-order valence-electron chi connectivity index (χ0n) is 12.1. The Bertz CT molecular complexity index is 254. The molecular weight excluding hydrogens is 220 g/mol. The molecule has 0 unspecified atom stereocenters. The topological polar surface area (TPSA) is 20.2 Å². The first-order valence-corrected chi connectivity index (χ1v) is 7.46. The molecule has 0 aromatic carbocycles. The predicted octanol–water partition coefficient (Wildman–Crippen LogP) is 4.29. The van der Waals surface area contributed by atoms with Crippen LogP contribution in [0.15, 0.2) is 0 Å². The van der Waals surface area contributed by atoms with E-state index in [1.54, 1.807) is 0 Å². The summed E-state index contributed by atoms with van der Waals surface area (Å²) in [6, 6.07) is 0. The van der Waals surface area contributed by atoms with Crippen molar-refractivity contribution in [2.75, 3.05) is 0 Å². The molecule has 0 amide bonds. The van der Waals surface area contributed by atoms with Crippen molar-refractivity contribution in [3.63, 3.8) is 0 Å². The van der Waals surface area contributed by atoms with Gasteiger partial charge in [-0.05, 0) is 12.8 Å². The van der Waals surface area contributed by atoms with Crippen molar-refractivity contribution in [1.82, 2.24) is 0 Å². The second kappa shape index (κ2) is 14.1. The smallest absolute Gasteiger partial charge is 0.176 e. The highest BCUT2D eigenvalue weighted by atomic mass is 16.3. The minimum absolute atomic E-state index is 0.748. The highest BCUT2D eigenvalue weighted by molar-refractivity contribution is 5.19. The summed E-state index contributed by atoms with van der Waals surface area (Å²) in [4.78, 5) is 0. The Hall–Kier alpha value is -0.920. The van der Waals surface area contributed by atoms with Crippen molar-refractivity contribution < 1.29 is 5.11 Å². The minimum Gasteiger partial charge on any atom is -0.369 e. The molecule has 0 aliphatic carbocycles. The van der Waals surface area contributed by atoms with Gasteiger partial charge in [-0.1, -0.05) is 76.1 Å². The monoisotopic (exact) mass is 248 g/mol. The highest BCUT2D eigenvalue weighted by Crippen LogP contribution is 2.01. The Morgan fingerprint density at radius 3 is 1.56 bits per heavy atom. The van der Waals surface area contributed by atoms with Crippen molar-refractivity contribution >= 4 is 0 Å². The first-order chi connectivity index (χ1) is 8.81. The molecule has 0 aromatic rings. The molecule has 0 fully saturated rings. The molecule has 0 atom stereocenters. The second-order valence-electron chi connectivity index (χ2n) is 4.67. The van der Waals surface area contributed by atoms with E-state index < -0.39 is 6.10 Å². The predicted molar refractivity (Wildman–Crippen MR) is 79.1 cm³/mol. The number of aliphatic hydroxyl groups is 1. The van der Waals surface area contributed by atoms with Crippen molar-refractivity contribution in [3.05, 3.63) is 0 Å².